The van der Waals surface area contributed by atoms with Gasteiger partial charge in [0.15, 0.2) is 9.84 Å². The predicted octanol–water partition coefficient (Wildman–Crippen LogP) is 1.32. The fraction of sp³-hybridized carbons (Fsp3) is 1.00. The Morgan fingerprint density at radius 1 is 1.05 bits per heavy atom. The monoisotopic (exact) mass is 300 g/mol. The lowest BCUT2D eigenvalue weighted by Gasteiger charge is -2.43. The van der Waals surface area contributed by atoms with Crippen LogP contribution in [-0.2, 0) is 9.84 Å². The van der Waals surface area contributed by atoms with Crippen molar-refractivity contribution in [1.29, 1.82) is 0 Å². The van der Waals surface area contributed by atoms with E-state index in [1.807, 2.05) is 0 Å². The number of nitrogens with one attached hydrogen (secondary N) is 2. The first kappa shape index (κ1) is 14.8. The van der Waals surface area contributed by atoms with Crippen LogP contribution in [0.2, 0.25) is 0 Å². The fourth-order valence-electron chi connectivity index (χ4n) is 4.26. The third kappa shape index (κ3) is 3.55. The molecule has 1 atom stereocenters. The van der Waals surface area contributed by atoms with Gasteiger partial charge in [-0.2, -0.15) is 0 Å². The molecule has 2 saturated heterocycles. The van der Waals surface area contributed by atoms with E-state index in [0.29, 0.717) is 28.9 Å². The zero-order chi connectivity index (χ0) is 14.1. The van der Waals surface area contributed by atoms with Gasteiger partial charge in [-0.3, -0.25) is 0 Å². The Balaban J connectivity index is 1.40. The molecule has 3 fully saturated rings. The predicted molar refractivity (Wildman–Crippen MR) is 81.6 cm³/mol. The number of sulfone groups is 1. The number of hydrogen-bond donors (Lipinski definition) is 2. The zero-order valence-electron chi connectivity index (χ0n) is 12.4. The Hall–Kier alpha value is -0.130. The van der Waals surface area contributed by atoms with Crippen molar-refractivity contribution in [3.05, 3.63) is 0 Å². The van der Waals surface area contributed by atoms with Crippen LogP contribution in [0.1, 0.15) is 44.9 Å². The molecule has 1 saturated carbocycles. The van der Waals surface area contributed by atoms with E-state index in [9.17, 15) is 8.42 Å². The maximum absolute atomic E-state index is 11.5. The van der Waals surface area contributed by atoms with Gasteiger partial charge in [-0.15, -0.1) is 0 Å². The average Bonchev–Trinajstić information content (AvgIpc) is 2.79. The van der Waals surface area contributed by atoms with Crippen molar-refractivity contribution >= 4 is 9.84 Å². The molecule has 0 amide bonds. The maximum Gasteiger partial charge on any atom is 0.150 e. The van der Waals surface area contributed by atoms with Gasteiger partial charge >= 0.3 is 0 Å². The molecule has 116 valence electrons. The van der Waals surface area contributed by atoms with E-state index in [-0.39, 0.29) is 0 Å². The minimum absolute atomic E-state index is 0.356. The molecule has 0 aromatic carbocycles. The van der Waals surface area contributed by atoms with Crippen LogP contribution in [-0.4, -0.2) is 45.6 Å². The smallest absolute Gasteiger partial charge is 0.150 e. The van der Waals surface area contributed by atoms with Crippen LogP contribution in [0.3, 0.4) is 0 Å². The molecular weight excluding hydrogens is 272 g/mol. The summed E-state index contributed by atoms with van der Waals surface area (Å²) in [6, 6.07) is 0.624. The number of hydrogen-bond acceptors (Lipinski definition) is 4. The van der Waals surface area contributed by atoms with Gasteiger partial charge in [-0.1, -0.05) is 0 Å². The summed E-state index contributed by atoms with van der Waals surface area (Å²) in [6.07, 6.45) is 8.82. The molecule has 2 aliphatic heterocycles. The van der Waals surface area contributed by atoms with Crippen molar-refractivity contribution in [2.24, 2.45) is 11.3 Å². The highest BCUT2D eigenvalue weighted by molar-refractivity contribution is 7.91. The molecule has 3 rings (SSSR count). The second-order valence-electron chi connectivity index (χ2n) is 7.20. The third-order valence-electron chi connectivity index (χ3n) is 5.73. The van der Waals surface area contributed by atoms with E-state index in [1.54, 1.807) is 0 Å². The molecule has 0 radical (unpaired) electrons. The first-order chi connectivity index (χ1) is 9.57. The molecule has 0 bridgehead atoms. The Morgan fingerprint density at radius 2 is 1.75 bits per heavy atom. The topological polar surface area (TPSA) is 58.2 Å². The summed E-state index contributed by atoms with van der Waals surface area (Å²) in [5, 5.41) is 7.11. The van der Waals surface area contributed by atoms with Crippen LogP contribution in [0.25, 0.3) is 0 Å². The quantitative estimate of drug-likeness (QED) is 0.825. The van der Waals surface area contributed by atoms with Gasteiger partial charge in [0.1, 0.15) is 0 Å². The van der Waals surface area contributed by atoms with Crippen molar-refractivity contribution in [1.82, 2.24) is 10.6 Å². The largest absolute Gasteiger partial charge is 0.317 e. The van der Waals surface area contributed by atoms with Gasteiger partial charge in [0.05, 0.1) is 11.5 Å². The molecule has 0 aromatic rings. The van der Waals surface area contributed by atoms with Crippen LogP contribution < -0.4 is 10.6 Å². The van der Waals surface area contributed by atoms with Gasteiger partial charge < -0.3 is 10.6 Å². The van der Waals surface area contributed by atoms with Crippen molar-refractivity contribution in [3.63, 3.8) is 0 Å². The molecule has 2 N–H and O–H groups in total. The summed E-state index contributed by atoms with van der Waals surface area (Å²) in [5.41, 5.74) is 0.625. The van der Waals surface area contributed by atoms with Crippen LogP contribution in [0.4, 0.5) is 0 Å². The molecule has 1 aliphatic carbocycles. The Morgan fingerprint density at radius 3 is 2.35 bits per heavy atom. The van der Waals surface area contributed by atoms with Crippen LogP contribution in [0.5, 0.6) is 0 Å². The summed E-state index contributed by atoms with van der Waals surface area (Å²) in [4.78, 5) is 0. The molecule has 20 heavy (non-hydrogen) atoms. The van der Waals surface area contributed by atoms with Gasteiger partial charge in [-0.25, -0.2) is 8.42 Å². The highest BCUT2D eigenvalue weighted by atomic mass is 32.2. The summed E-state index contributed by atoms with van der Waals surface area (Å²) < 4.78 is 22.9. The van der Waals surface area contributed by atoms with Gasteiger partial charge in [-0.05, 0) is 75.9 Å². The molecular formula is C15H28N2O2S. The van der Waals surface area contributed by atoms with Crippen LogP contribution >= 0.6 is 0 Å². The summed E-state index contributed by atoms with van der Waals surface area (Å²) >= 11 is 0. The molecule has 1 spiro atoms. The summed E-state index contributed by atoms with van der Waals surface area (Å²) in [7, 11) is -2.72. The van der Waals surface area contributed by atoms with E-state index in [4.69, 9.17) is 0 Å². The van der Waals surface area contributed by atoms with Gasteiger partial charge in [0, 0.05) is 6.04 Å². The maximum atomic E-state index is 11.5. The minimum Gasteiger partial charge on any atom is -0.317 e. The minimum atomic E-state index is -2.72. The number of piperidine rings is 1. The van der Waals surface area contributed by atoms with Crippen molar-refractivity contribution in [2.45, 2.75) is 51.0 Å². The molecule has 4 nitrogen and oxygen atoms in total. The van der Waals surface area contributed by atoms with Gasteiger partial charge in [0.2, 0.25) is 0 Å². The summed E-state index contributed by atoms with van der Waals surface area (Å²) in [6.45, 7) is 3.29. The lowest BCUT2D eigenvalue weighted by molar-refractivity contribution is 0.115. The lowest BCUT2D eigenvalue weighted by Crippen LogP contribution is -2.44. The average molecular weight is 300 g/mol. The van der Waals surface area contributed by atoms with Crippen LogP contribution in [0.15, 0.2) is 0 Å². The second-order valence-corrected chi connectivity index (χ2v) is 9.43. The van der Waals surface area contributed by atoms with Crippen LogP contribution in [0, 0.1) is 11.3 Å². The molecule has 3 aliphatic rings. The molecule has 0 unspecified atom stereocenters. The summed E-state index contributed by atoms with van der Waals surface area (Å²) in [5.74, 6) is 1.16. The van der Waals surface area contributed by atoms with E-state index < -0.39 is 9.84 Å². The van der Waals surface area contributed by atoms with E-state index in [1.165, 1.54) is 51.6 Å². The third-order valence-corrected chi connectivity index (χ3v) is 7.57. The fourth-order valence-corrected chi connectivity index (χ4v) is 6.12. The standard InChI is InChI=1S/C15H28N2O2S/c18-20(19)10-3-13(12-20)11-17-14-1-4-15(5-2-14)6-8-16-9-7-15/h13-14,16-17H,1-12H2/t13-/m0/s1. The Bertz CT molecular complexity index is 419. The normalized spacial score (nSPS) is 33.5. The zero-order valence-corrected chi connectivity index (χ0v) is 13.2. The SMILES string of the molecule is O=S1(=O)CC[C@@H](CNC2CCC3(CCNCC3)CC2)C1. The molecule has 0 aromatic heterocycles. The molecule has 5 heteroatoms. The van der Waals surface area contributed by atoms with E-state index in [2.05, 4.69) is 10.6 Å². The van der Waals surface area contributed by atoms with E-state index >= 15 is 0 Å². The Labute approximate surface area is 123 Å². The highest BCUT2D eigenvalue weighted by Crippen LogP contribution is 2.43. The highest BCUT2D eigenvalue weighted by Gasteiger charge is 2.36. The molecule has 2 heterocycles. The first-order valence-electron chi connectivity index (χ1n) is 8.22. The second kappa shape index (κ2) is 5.93. The van der Waals surface area contributed by atoms with Crippen molar-refractivity contribution in [3.8, 4) is 0 Å². The van der Waals surface area contributed by atoms with Crippen molar-refractivity contribution in [2.75, 3.05) is 31.1 Å². The van der Waals surface area contributed by atoms with E-state index in [0.717, 1.165) is 13.0 Å². The van der Waals surface area contributed by atoms with Gasteiger partial charge in [0.25, 0.3) is 0 Å². The first-order valence-corrected chi connectivity index (χ1v) is 10.0. The van der Waals surface area contributed by atoms with Crippen molar-refractivity contribution < 1.29 is 8.42 Å². The Kier molecular flexibility index (Phi) is 4.39. The lowest BCUT2D eigenvalue weighted by atomic mass is 9.67. The number of rotatable bonds is 3.